The predicted octanol–water partition coefficient (Wildman–Crippen LogP) is 2.66. The summed E-state index contributed by atoms with van der Waals surface area (Å²) in [5.74, 6) is 0.592. The molecule has 100 valence electrons. The van der Waals surface area contributed by atoms with E-state index in [-0.39, 0.29) is 18.6 Å². The number of hydrogen-bond acceptors (Lipinski definition) is 2. The quantitative estimate of drug-likeness (QED) is 0.780. The lowest BCUT2D eigenvalue weighted by molar-refractivity contribution is -0.122. The van der Waals surface area contributed by atoms with Crippen molar-refractivity contribution in [3.05, 3.63) is 35.9 Å². The highest BCUT2D eigenvalue weighted by Gasteiger charge is 2.13. The van der Waals surface area contributed by atoms with Gasteiger partial charge in [-0.3, -0.25) is 4.79 Å². The van der Waals surface area contributed by atoms with Gasteiger partial charge in [-0.1, -0.05) is 44.2 Å². The summed E-state index contributed by atoms with van der Waals surface area (Å²) in [5, 5.41) is 12.1. The lowest BCUT2D eigenvalue weighted by atomic mass is 10.0. The molecule has 0 spiro atoms. The number of amides is 1. The Bertz CT molecular complexity index is 349. The van der Waals surface area contributed by atoms with Crippen LogP contribution in [0.1, 0.15) is 44.7 Å². The second-order valence-corrected chi connectivity index (χ2v) is 4.98. The second-order valence-electron chi connectivity index (χ2n) is 4.98. The van der Waals surface area contributed by atoms with Gasteiger partial charge >= 0.3 is 0 Å². The third-order valence-electron chi connectivity index (χ3n) is 2.90. The van der Waals surface area contributed by atoms with E-state index in [2.05, 4.69) is 19.2 Å². The summed E-state index contributed by atoms with van der Waals surface area (Å²) in [6.07, 6.45) is 2.00. The molecule has 0 radical (unpaired) electrons. The van der Waals surface area contributed by atoms with Gasteiger partial charge in [0.2, 0.25) is 5.91 Å². The molecule has 0 aromatic heterocycles. The number of nitrogens with one attached hydrogen (secondary N) is 1. The molecule has 0 aliphatic carbocycles. The van der Waals surface area contributed by atoms with Crippen LogP contribution in [0.5, 0.6) is 0 Å². The first-order valence-electron chi connectivity index (χ1n) is 6.58. The van der Waals surface area contributed by atoms with E-state index >= 15 is 0 Å². The number of aliphatic hydroxyl groups is 1. The first-order chi connectivity index (χ1) is 8.63. The molecule has 0 heterocycles. The van der Waals surface area contributed by atoms with E-state index in [9.17, 15) is 4.79 Å². The summed E-state index contributed by atoms with van der Waals surface area (Å²) in [6, 6.07) is 9.70. The first-order valence-corrected chi connectivity index (χ1v) is 6.58. The zero-order chi connectivity index (χ0) is 13.4. The van der Waals surface area contributed by atoms with Gasteiger partial charge in [-0.2, -0.15) is 0 Å². The van der Waals surface area contributed by atoms with Crippen LogP contribution in [-0.2, 0) is 4.79 Å². The minimum Gasteiger partial charge on any atom is -0.396 e. The zero-order valence-electron chi connectivity index (χ0n) is 11.2. The fourth-order valence-corrected chi connectivity index (χ4v) is 1.82. The van der Waals surface area contributed by atoms with Crippen molar-refractivity contribution in [2.24, 2.45) is 5.92 Å². The van der Waals surface area contributed by atoms with Gasteiger partial charge in [0.05, 0.1) is 6.04 Å². The molecular weight excluding hydrogens is 226 g/mol. The van der Waals surface area contributed by atoms with Crippen molar-refractivity contribution in [2.75, 3.05) is 6.61 Å². The Kier molecular flexibility index (Phi) is 6.44. The van der Waals surface area contributed by atoms with Crippen molar-refractivity contribution in [3.63, 3.8) is 0 Å². The van der Waals surface area contributed by atoms with Crippen LogP contribution in [0.4, 0.5) is 0 Å². The highest BCUT2D eigenvalue weighted by Crippen LogP contribution is 2.16. The van der Waals surface area contributed by atoms with Gasteiger partial charge in [0.1, 0.15) is 0 Å². The summed E-state index contributed by atoms with van der Waals surface area (Å²) >= 11 is 0. The van der Waals surface area contributed by atoms with E-state index in [4.69, 9.17) is 5.11 Å². The van der Waals surface area contributed by atoms with Crippen LogP contribution in [0.25, 0.3) is 0 Å². The van der Waals surface area contributed by atoms with Crippen LogP contribution >= 0.6 is 0 Å². The Hall–Kier alpha value is -1.35. The van der Waals surface area contributed by atoms with E-state index < -0.39 is 0 Å². The zero-order valence-corrected chi connectivity index (χ0v) is 11.2. The van der Waals surface area contributed by atoms with E-state index in [1.165, 1.54) is 0 Å². The molecule has 0 saturated carbocycles. The Balaban J connectivity index is 2.55. The van der Waals surface area contributed by atoms with Gasteiger partial charge in [-0.15, -0.1) is 0 Å². The Labute approximate surface area is 109 Å². The molecule has 0 aliphatic heterocycles. The van der Waals surface area contributed by atoms with Crippen LogP contribution in [0.3, 0.4) is 0 Å². The Morgan fingerprint density at radius 2 is 1.89 bits per heavy atom. The molecule has 0 bridgehead atoms. The van der Waals surface area contributed by atoms with Gasteiger partial charge in [0, 0.05) is 13.0 Å². The molecule has 1 aromatic carbocycles. The summed E-state index contributed by atoms with van der Waals surface area (Å²) in [5.41, 5.74) is 1.05. The molecule has 0 fully saturated rings. The average molecular weight is 249 g/mol. The van der Waals surface area contributed by atoms with E-state index in [1.54, 1.807) is 0 Å². The SMILES string of the molecule is CC(C)CCC(=O)NC(CCO)c1ccccc1. The normalized spacial score (nSPS) is 12.4. The van der Waals surface area contributed by atoms with Gasteiger partial charge < -0.3 is 10.4 Å². The largest absolute Gasteiger partial charge is 0.396 e. The van der Waals surface area contributed by atoms with Gasteiger partial charge in [-0.25, -0.2) is 0 Å². The smallest absolute Gasteiger partial charge is 0.220 e. The maximum absolute atomic E-state index is 11.8. The van der Waals surface area contributed by atoms with Crippen LogP contribution in [0.2, 0.25) is 0 Å². The number of rotatable bonds is 7. The van der Waals surface area contributed by atoms with Crippen molar-refractivity contribution in [1.82, 2.24) is 5.32 Å². The highest BCUT2D eigenvalue weighted by molar-refractivity contribution is 5.76. The molecule has 1 rings (SSSR count). The number of aliphatic hydroxyl groups excluding tert-OH is 1. The molecule has 1 aromatic rings. The minimum atomic E-state index is -0.0872. The lowest BCUT2D eigenvalue weighted by Gasteiger charge is -2.18. The minimum absolute atomic E-state index is 0.0611. The molecule has 1 atom stereocenters. The van der Waals surface area contributed by atoms with Crippen molar-refractivity contribution >= 4 is 5.91 Å². The van der Waals surface area contributed by atoms with E-state index in [0.717, 1.165) is 12.0 Å². The predicted molar refractivity (Wildman–Crippen MR) is 73.1 cm³/mol. The molecule has 2 N–H and O–H groups in total. The van der Waals surface area contributed by atoms with E-state index in [0.29, 0.717) is 18.8 Å². The van der Waals surface area contributed by atoms with Gasteiger partial charge in [0.25, 0.3) is 0 Å². The topological polar surface area (TPSA) is 49.3 Å². The molecular formula is C15H23NO2. The summed E-state index contributed by atoms with van der Waals surface area (Å²) in [4.78, 5) is 11.8. The average Bonchev–Trinajstić information content (AvgIpc) is 2.37. The maximum Gasteiger partial charge on any atom is 0.220 e. The second kappa shape index (κ2) is 7.88. The number of carbonyl (C=O) groups is 1. The molecule has 3 heteroatoms. The lowest BCUT2D eigenvalue weighted by Crippen LogP contribution is -2.29. The first kappa shape index (κ1) is 14.7. The van der Waals surface area contributed by atoms with Gasteiger partial charge in [-0.05, 0) is 24.3 Å². The molecule has 1 amide bonds. The third kappa shape index (κ3) is 5.32. The fourth-order valence-electron chi connectivity index (χ4n) is 1.82. The third-order valence-corrected chi connectivity index (χ3v) is 2.90. The molecule has 0 saturated heterocycles. The standard InChI is InChI=1S/C15H23NO2/c1-12(2)8-9-15(18)16-14(10-11-17)13-6-4-3-5-7-13/h3-7,12,14,17H,8-11H2,1-2H3,(H,16,18). The number of hydrogen-bond donors (Lipinski definition) is 2. The van der Waals surface area contributed by atoms with Crippen molar-refractivity contribution in [3.8, 4) is 0 Å². The molecule has 0 aliphatic rings. The van der Waals surface area contributed by atoms with Crippen molar-refractivity contribution < 1.29 is 9.90 Å². The molecule has 18 heavy (non-hydrogen) atoms. The summed E-state index contributed by atoms with van der Waals surface area (Å²) in [7, 11) is 0. The van der Waals surface area contributed by atoms with Crippen molar-refractivity contribution in [2.45, 2.75) is 39.2 Å². The summed E-state index contributed by atoms with van der Waals surface area (Å²) in [6.45, 7) is 4.29. The van der Waals surface area contributed by atoms with Gasteiger partial charge in [0.15, 0.2) is 0 Å². The maximum atomic E-state index is 11.8. The van der Waals surface area contributed by atoms with Crippen LogP contribution in [-0.4, -0.2) is 17.6 Å². The monoisotopic (exact) mass is 249 g/mol. The molecule has 1 unspecified atom stereocenters. The number of benzene rings is 1. The highest BCUT2D eigenvalue weighted by atomic mass is 16.3. The van der Waals surface area contributed by atoms with Crippen molar-refractivity contribution in [1.29, 1.82) is 0 Å². The number of carbonyl (C=O) groups excluding carboxylic acids is 1. The van der Waals surface area contributed by atoms with Crippen LogP contribution in [0, 0.1) is 5.92 Å². The summed E-state index contributed by atoms with van der Waals surface area (Å²) < 4.78 is 0. The molecule has 3 nitrogen and oxygen atoms in total. The van der Waals surface area contributed by atoms with Crippen LogP contribution in [0.15, 0.2) is 30.3 Å². The Morgan fingerprint density at radius 3 is 2.44 bits per heavy atom. The Morgan fingerprint density at radius 1 is 1.22 bits per heavy atom. The van der Waals surface area contributed by atoms with E-state index in [1.807, 2.05) is 30.3 Å². The van der Waals surface area contributed by atoms with Crippen LogP contribution < -0.4 is 5.32 Å². The fraction of sp³-hybridized carbons (Fsp3) is 0.533.